The van der Waals surface area contributed by atoms with Gasteiger partial charge < -0.3 is 10.7 Å². The molecule has 0 saturated heterocycles. The summed E-state index contributed by atoms with van der Waals surface area (Å²) in [6, 6.07) is 15.7. The molecule has 1 aliphatic rings. The second-order valence-electron chi connectivity index (χ2n) is 5.34. The minimum absolute atomic E-state index is 0.0422. The van der Waals surface area contributed by atoms with E-state index in [1.54, 1.807) is 4.90 Å². The van der Waals surface area contributed by atoms with Crippen LogP contribution in [0.3, 0.4) is 0 Å². The smallest absolute Gasteiger partial charge is 0.319 e. The number of nitrogens with two attached hydrogens (primary N) is 1. The van der Waals surface area contributed by atoms with Crippen molar-refractivity contribution in [2.24, 2.45) is 5.73 Å². The van der Waals surface area contributed by atoms with Crippen LogP contribution in [0.2, 0.25) is 0 Å². The molecule has 3 aromatic rings. The van der Waals surface area contributed by atoms with Crippen LogP contribution in [0.5, 0.6) is 0 Å². The third-order valence-electron chi connectivity index (χ3n) is 4.20. The molecule has 104 valence electrons. The van der Waals surface area contributed by atoms with E-state index in [4.69, 9.17) is 5.73 Å². The number of rotatable bonds is 1. The van der Waals surface area contributed by atoms with E-state index >= 15 is 0 Å². The van der Waals surface area contributed by atoms with Crippen LogP contribution in [0, 0.1) is 0 Å². The highest BCUT2D eigenvalue weighted by Crippen LogP contribution is 2.41. The van der Waals surface area contributed by atoms with Gasteiger partial charge in [-0.2, -0.15) is 0 Å². The number of anilines is 1. The topological polar surface area (TPSA) is 62.1 Å². The van der Waals surface area contributed by atoms with Crippen molar-refractivity contribution in [2.45, 2.75) is 12.5 Å². The van der Waals surface area contributed by atoms with Gasteiger partial charge in [-0.15, -0.1) is 0 Å². The van der Waals surface area contributed by atoms with E-state index in [0.29, 0.717) is 0 Å². The molecule has 2 amide bonds. The van der Waals surface area contributed by atoms with Crippen molar-refractivity contribution in [1.82, 2.24) is 4.98 Å². The molecule has 4 rings (SSSR count). The highest BCUT2D eigenvalue weighted by molar-refractivity contribution is 5.95. The van der Waals surface area contributed by atoms with Crippen LogP contribution in [0.15, 0.2) is 54.7 Å². The van der Waals surface area contributed by atoms with E-state index in [9.17, 15) is 4.79 Å². The molecule has 0 saturated carbocycles. The molecule has 0 bridgehead atoms. The van der Waals surface area contributed by atoms with Gasteiger partial charge in [0, 0.05) is 22.8 Å². The summed E-state index contributed by atoms with van der Waals surface area (Å²) >= 11 is 0. The number of primary amides is 1. The van der Waals surface area contributed by atoms with Crippen molar-refractivity contribution in [3.05, 3.63) is 65.9 Å². The second-order valence-corrected chi connectivity index (χ2v) is 5.34. The molecule has 2 aromatic carbocycles. The normalized spacial score (nSPS) is 17.1. The average Bonchev–Trinajstić information content (AvgIpc) is 3.10. The zero-order chi connectivity index (χ0) is 14.4. The highest BCUT2D eigenvalue weighted by Gasteiger charge is 2.34. The van der Waals surface area contributed by atoms with Gasteiger partial charge in [-0.05, 0) is 35.7 Å². The Morgan fingerprint density at radius 2 is 2.00 bits per heavy atom. The maximum Gasteiger partial charge on any atom is 0.319 e. The summed E-state index contributed by atoms with van der Waals surface area (Å²) in [4.78, 5) is 16.9. The number of fused-ring (bicyclic) bond motifs is 2. The molecule has 1 aromatic heterocycles. The Hall–Kier alpha value is -2.75. The molecule has 1 aliphatic heterocycles. The first-order chi connectivity index (χ1) is 10.3. The minimum Gasteiger partial charge on any atom is -0.361 e. The first kappa shape index (κ1) is 12.0. The fourth-order valence-electron chi connectivity index (χ4n) is 3.31. The summed E-state index contributed by atoms with van der Waals surface area (Å²) in [7, 11) is 0. The quantitative estimate of drug-likeness (QED) is 0.704. The molecule has 21 heavy (non-hydrogen) atoms. The van der Waals surface area contributed by atoms with Crippen LogP contribution >= 0.6 is 0 Å². The summed E-state index contributed by atoms with van der Waals surface area (Å²) < 4.78 is 0. The monoisotopic (exact) mass is 277 g/mol. The van der Waals surface area contributed by atoms with Crippen molar-refractivity contribution in [2.75, 3.05) is 4.90 Å². The number of benzene rings is 2. The fourth-order valence-corrected chi connectivity index (χ4v) is 3.31. The number of carbonyl (C=O) groups is 1. The Morgan fingerprint density at radius 3 is 2.86 bits per heavy atom. The number of hydrogen-bond acceptors (Lipinski definition) is 1. The molecule has 4 nitrogen and oxygen atoms in total. The van der Waals surface area contributed by atoms with Crippen molar-refractivity contribution in [1.29, 1.82) is 0 Å². The maximum absolute atomic E-state index is 12.0. The average molecular weight is 277 g/mol. The molecular formula is C17H15N3O. The van der Waals surface area contributed by atoms with Crippen LogP contribution in [-0.4, -0.2) is 11.0 Å². The zero-order valence-electron chi connectivity index (χ0n) is 11.4. The minimum atomic E-state index is -0.405. The number of H-pyrrole nitrogens is 1. The van der Waals surface area contributed by atoms with E-state index in [-0.39, 0.29) is 6.04 Å². The lowest BCUT2D eigenvalue weighted by atomic mass is 9.99. The molecule has 1 atom stereocenters. The summed E-state index contributed by atoms with van der Waals surface area (Å²) in [6.45, 7) is 0. The number of nitrogens with one attached hydrogen (secondary N) is 1. The van der Waals surface area contributed by atoms with Gasteiger partial charge in [0.25, 0.3) is 0 Å². The molecule has 3 N–H and O–H groups in total. The largest absolute Gasteiger partial charge is 0.361 e. The van der Waals surface area contributed by atoms with Crippen LogP contribution in [0.25, 0.3) is 10.9 Å². The molecular weight excluding hydrogens is 262 g/mol. The van der Waals surface area contributed by atoms with E-state index < -0.39 is 6.03 Å². The number of hydrogen-bond donors (Lipinski definition) is 2. The molecule has 2 heterocycles. The molecule has 1 unspecified atom stereocenters. The van der Waals surface area contributed by atoms with Gasteiger partial charge in [-0.25, -0.2) is 4.79 Å². The van der Waals surface area contributed by atoms with Gasteiger partial charge in [-0.3, -0.25) is 4.90 Å². The number of carbonyl (C=O) groups excluding carboxylic acids is 1. The Morgan fingerprint density at radius 1 is 1.14 bits per heavy atom. The van der Waals surface area contributed by atoms with Crippen LogP contribution < -0.4 is 10.6 Å². The van der Waals surface area contributed by atoms with Crippen molar-refractivity contribution >= 4 is 22.6 Å². The summed E-state index contributed by atoms with van der Waals surface area (Å²) in [6.07, 6.45) is 2.72. The Balaban J connectivity index is 1.89. The zero-order valence-corrected chi connectivity index (χ0v) is 11.4. The molecule has 0 fully saturated rings. The molecule has 4 heteroatoms. The van der Waals surface area contributed by atoms with Crippen LogP contribution in [0.1, 0.15) is 17.2 Å². The first-order valence-corrected chi connectivity index (χ1v) is 6.98. The Bertz CT molecular complexity index is 837. The highest BCUT2D eigenvalue weighted by atomic mass is 16.2. The third kappa shape index (κ3) is 1.72. The van der Waals surface area contributed by atoms with Crippen molar-refractivity contribution in [3.8, 4) is 0 Å². The fraction of sp³-hybridized carbons (Fsp3) is 0.118. The predicted octanol–water partition coefficient (Wildman–Crippen LogP) is 3.35. The third-order valence-corrected chi connectivity index (χ3v) is 4.20. The number of aromatic nitrogens is 1. The first-order valence-electron chi connectivity index (χ1n) is 6.98. The lowest BCUT2D eigenvalue weighted by Gasteiger charge is -2.24. The molecule has 0 spiro atoms. The van der Waals surface area contributed by atoms with Gasteiger partial charge >= 0.3 is 6.03 Å². The number of urea groups is 1. The number of aromatic amines is 1. The Labute approximate surface area is 122 Å². The van der Waals surface area contributed by atoms with Gasteiger partial charge in [0.2, 0.25) is 0 Å². The van der Waals surface area contributed by atoms with Crippen LogP contribution in [-0.2, 0) is 6.42 Å². The van der Waals surface area contributed by atoms with Crippen molar-refractivity contribution < 1.29 is 4.79 Å². The standard InChI is InChI=1S/C17H15N3O/c18-17(21)20-15-7-2-1-4-11(15)10-16(20)13-5-3-6-14-12(13)8-9-19-14/h1-9,16,19H,10H2,(H2,18,21). The summed E-state index contributed by atoms with van der Waals surface area (Å²) in [5, 5.41) is 1.14. The number of para-hydroxylation sites is 1. The SMILES string of the molecule is NC(=O)N1c2ccccc2CC1c1cccc2[nH]ccc12. The maximum atomic E-state index is 12.0. The van der Waals surface area contributed by atoms with Gasteiger partial charge in [-0.1, -0.05) is 30.3 Å². The summed E-state index contributed by atoms with van der Waals surface area (Å²) in [5.41, 5.74) is 9.92. The number of nitrogens with zero attached hydrogens (tertiary/aromatic N) is 1. The predicted molar refractivity (Wildman–Crippen MR) is 83.2 cm³/mol. The van der Waals surface area contributed by atoms with E-state index in [1.165, 1.54) is 0 Å². The van der Waals surface area contributed by atoms with E-state index in [1.807, 2.05) is 42.6 Å². The van der Waals surface area contributed by atoms with Gasteiger partial charge in [0.05, 0.1) is 6.04 Å². The molecule has 0 aliphatic carbocycles. The van der Waals surface area contributed by atoms with E-state index in [0.717, 1.165) is 34.1 Å². The Kier molecular flexibility index (Phi) is 2.51. The van der Waals surface area contributed by atoms with Crippen LogP contribution in [0.4, 0.5) is 10.5 Å². The second kappa shape index (κ2) is 4.38. The lowest BCUT2D eigenvalue weighted by molar-refractivity contribution is 0.252. The van der Waals surface area contributed by atoms with Gasteiger partial charge in [0.15, 0.2) is 0 Å². The van der Waals surface area contributed by atoms with Gasteiger partial charge in [0.1, 0.15) is 0 Å². The lowest BCUT2D eigenvalue weighted by Crippen LogP contribution is -2.36. The summed E-state index contributed by atoms with van der Waals surface area (Å²) in [5.74, 6) is 0. The van der Waals surface area contributed by atoms with Crippen molar-refractivity contribution in [3.63, 3.8) is 0 Å². The van der Waals surface area contributed by atoms with E-state index in [2.05, 4.69) is 17.1 Å². The molecule has 0 radical (unpaired) electrons. The number of amides is 2.